The molecule has 1 N–H and O–H groups in total. The second-order valence-corrected chi connectivity index (χ2v) is 6.91. The number of nitrogens with one attached hydrogen (secondary N) is 1. The molecule has 0 aromatic heterocycles. The summed E-state index contributed by atoms with van der Waals surface area (Å²) in [5.74, 6) is 0.644. The van der Waals surface area contributed by atoms with Gasteiger partial charge in [0.05, 0.1) is 6.04 Å². The monoisotopic (exact) mass is 339 g/mol. The van der Waals surface area contributed by atoms with Crippen LogP contribution in [0.1, 0.15) is 54.1 Å². The number of benzene rings is 2. The fourth-order valence-electron chi connectivity index (χ4n) is 3.16. The zero-order valence-electron chi connectivity index (χ0n) is 16.1. The van der Waals surface area contributed by atoms with Crippen molar-refractivity contribution in [2.75, 3.05) is 0 Å². The van der Waals surface area contributed by atoms with Crippen molar-refractivity contribution < 1.29 is 9.53 Å². The third kappa shape index (κ3) is 5.09. The molecule has 3 heteroatoms. The third-order valence-corrected chi connectivity index (χ3v) is 4.40. The number of ether oxygens (including phenoxy) is 1. The van der Waals surface area contributed by atoms with E-state index in [-0.39, 0.29) is 11.9 Å². The van der Waals surface area contributed by atoms with Crippen LogP contribution in [0.3, 0.4) is 0 Å². The number of amides is 1. The molecule has 0 fully saturated rings. The Morgan fingerprint density at radius 2 is 1.64 bits per heavy atom. The second-order valence-electron chi connectivity index (χ2n) is 6.91. The van der Waals surface area contributed by atoms with Crippen LogP contribution in [-0.2, 0) is 4.79 Å². The van der Waals surface area contributed by atoms with E-state index in [0.29, 0.717) is 0 Å². The van der Waals surface area contributed by atoms with Gasteiger partial charge < -0.3 is 10.1 Å². The highest BCUT2D eigenvalue weighted by molar-refractivity contribution is 5.81. The van der Waals surface area contributed by atoms with Crippen molar-refractivity contribution in [3.8, 4) is 5.75 Å². The number of hydrogen-bond acceptors (Lipinski definition) is 2. The highest BCUT2D eigenvalue weighted by atomic mass is 16.5. The topological polar surface area (TPSA) is 38.3 Å². The minimum Gasteiger partial charge on any atom is -0.481 e. The van der Waals surface area contributed by atoms with Crippen LogP contribution in [0.15, 0.2) is 36.4 Å². The summed E-state index contributed by atoms with van der Waals surface area (Å²) in [6.45, 7) is 12.1. The summed E-state index contributed by atoms with van der Waals surface area (Å²) in [5.41, 5.74) is 5.86. The van der Waals surface area contributed by atoms with Gasteiger partial charge in [-0.3, -0.25) is 4.79 Å². The van der Waals surface area contributed by atoms with Crippen LogP contribution in [0, 0.1) is 27.7 Å². The predicted molar refractivity (Wildman–Crippen MR) is 103 cm³/mol. The summed E-state index contributed by atoms with van der Waals surface area (Å²) >= 11 is 0. The molecule has 0 saturated carbocycles. The molecule has 0 bridgehead atoms. The Kier molecular flexibility index (Phi) is 6.24. The van der Waals surface area contributed by atoms with Crippen LogP contribution < -0.4 is 10.1 Å². The first-order chi connectivity index (χ1) is 11.8. The minimum absolute atomic E-state index is 0.00149. The van der Waals surface area contributed by atoms with Gasteiger partial charge >= 0.3 is 0 Å². The van der Waals surface area contributed by atoms with Gasteiger partial charge in [-0.05, 0) is 75.4 Å². The summed E-state index contributed by atoms with van der Waals surface area (Å²) < 4.78 is 5.86. The lowest BCUT2D eigenvalue weighted by atomic mass is 9.97. The molecular formula is C22H29NO2. The van der Waals surface area contributed by atoms with Crippen LogP contribution in [0.4, 0.5) is 0 Å². The predicted octanol–water partition coefficient (Wildman–Crippen LogP) is 4.96. The van der Waals surface area contributed by atoms with Crippen molar-refractivity contribution in [1.82, 2.24) is 5.32 Å². The Hall–Kier alpha value is -2.29. The van der Waals surface area contributed by atoms with E-state index in [1.807, 2.05) is 26.0 Å². The Bertz CT molecular complexity index is 731. The number of rotatable bonds is 6. The Morgan fingerprint density at radius 1 is 1.00 bits per heavy atom. The van der Waals surface area contributed by atoms with Crippen molar-refractivity contribution in [2.24, 2.45) is 0 Å². The standard InChI is InChI=1S/C22H29NO2/c1-7-21(20-9-8-14(2)11-17(20)5)23-22(24)18(6)25-19-12-15(3)10-16(4)13-19/h8-13,18,21H,7H2,1-6H3,(H,23,24)/t18-,21+/m1/s1. The molecule has 0 heterocycles. The SMILES string of the molecule is CC[C@H](NC(=O)[C@@H](C)Oc1cc(C)cc(C)c1)c1ccc(C)cc1C. The van der Waals surface area contributed by atoms with Gasteiger partial charge in [-0.1, -0.05) is 36.8 Å². The minimum atomic E-state index is -0.541. The molecule has 0 spiro atoms. The fraction of sp³-hybridized carbons (Fsp3) is 0.409. The molecular weight excluding hydrogens is 310 g/mol. The zero-order valence-corrected chi connectivity index (χ0v) is 16.1. The lowest BCUT2D eigenvalue weighted by molar-refractivity contribution is -0.128. The summed E-state index contributed by atoms with van der Waals surface area (Å²) in [6, 6.07) is 12.3. The van der Waals surface area contributed by atoms with Crippen molar-refractivity contribution in [2.45, 2.75) is 60.1 Å². The number of carbonyl (C=O) groups is 1. The van der Waals surface area contributed by atoms with E-state index in [1.165, 1.54) is 16.7 Å². The molecule has 2 aromatic carbocycles. The van der Waals surface area contributed by atoms with E-state index in [9.17, 15) is 4.79 Å². The van der Waals surface area contributed by atoms with Crippen molar-refractivity contribution in [3.05, 3.63) is 64.2 Å². The molecule has 0 saturated heterocycles. The van der Waals surface area contributed by atoms with Gasteiger partial charge in [0.1, 0.15) is 5.75 Å². The molecule has 134 valence electrons. The van der Waals surface area contributed by atoms with E-state index in [0.717, 1.165) is 23.3 Å². The lowest BCUT2D eigenvalue weighted by Crippen LogP contribution is -2.38. The first-order valence-electron chi connectivity index (χ1n) is 8.92. The zero-order chi connectivity index (χ0) is 18.6. The average molecular weight is 339 g/mol. The van der Waals surface area contributed by atoms with Crippen molar-refractivity contribution in [3.63, 3.8) is 0 Å². The summed E-state index contributed by atoms with van der Waals surface area (Å²) in [6.07, 6.45) is 0.298. The van der Waals surface area contributed by atoms with E-state index < -0.39 is 6.10 Å². The summed E-state index contributed by atoms with van der Waals surface area (Å²) in [4.78, 5) is 12.6. The molecule has 0 aliphatic carbocycles. The Morgan fingerprint density at radius 3 is 2.20 bits per heavy atom. The number of carbonyl (C=O) groups excluding carboxylic acids is 1. The van der Waals surface area contributed by atoms with Crippen LogP contribution in [0.25, 0.3) is 0 Å². The second kappa shape index (κ2) is 8.19. The van der Waals surface area contributed by atoms with E-state index in [1.54, 1.807) is 6.92 Å². The van der Waals surface area contributed by atoms with Crippen molar-refractivity contribution >= 4 is 5.91 Å². The molecule has 2 aromatic rings. The van der Waals surface area contributed by atoms with Crippen LogP contribution in [-0.4, -0.2) is 12.0 Å². The molecule has 0 unspecified atom stereocenters. The lowest BCUT2D eigenvalue weighted by Gasteiger charge is -2.23. The summed E-state index contributed by atoms with van der Waals surface area (Å²) in [7, 11) is 0. The first kappa shape index (κ1) is 19.0. The van der Waals surface area contributed by atoms with Gasteiger partial charge in [0.2, 0.25) is 0 Å². The normalized spacial score (nSPS) is 13.2. The Labute approximate surface area is 151 Å². The Balaban J connectivity index is 2.08. The molecule has 3 nitrogen and oxygen atoms in total. The van der Waals surface area contributed by atoms with Crippen LogP contribution >= 0.6 is 0 Å². The summed E-state index contributed by atoms with van der Waals surface area (Å²) in [5, 5.41) is 3.13. The molecule has 1 amide bonds. The highest BCUT2D eigenvalue weighted by Crippen LogP contribution is 2.22. The van der Waals surface area contributed by atoms with Gasteiger partial charge in [-0.25, -0.2) is 0 Å². The number of hydrogen-bond donors (Lipinski definition) is 1. The molecule has 0 aliphatic rings. The fourth-order valence-corrected chi connectivity index (χ4v) is 3.16. The molecule has 0 aliphatic heterocycles. The van der Waals surface area contributed by atoms with Crippen LogP contribution in [0.2, 0.25) is 0 Å². The maximum atomic E-state index is 12.6. The molecule has 0 radical (unpaired) electrons. The maximum absolute atomic E-state index is 12.6. The molecule has 2 atom stereocenters. The van der Waals surface area contributed by atoms with Crippen LogP contribution in [0.5, 0.6) is 5.75 Å². The van der Waals surface area contributed by atoms with Gasteiger partial charge in [0.25, 0.3) is 5.91 Å². The van der Waals surface area contributed by atoms with Gasteiger partial charge in [-0.15, -0.1) is 0 Å². The van der Waals surface area contributed by atoms with E-state index in [2.05, 4.69) is 50.4 Å². The quantitative estimate of drug-likeness (QED) is 0.808. The van der Waals surface area contributed by atoms with Gasteiger partial charge in [0.15, 0.2) is 6.10 Å². The molecule has 2 rings (SSSR count). The van der Waals surface area contributed by atoms with Gasteiger partial charge in [0, 0.05) is 0 Å². The maximum Gasteiger partial charge on any atom is 0.261 e. The van der Waals surface area contributed by atoms with Crippen molar-refractivity contribution in [1.29, 1.82) is 0 Å². The number of aryl methyl sites for hydroxylation is 4. The largest absolute Gasteiger partial charge is 0.481 e. The third-order valence-electron chi connectivity index (χ3n) is 4.40. The van der Waals surface area contributed by atoms with E-state index in [4.69, 9.17) is 4.74 Å². The average Bonchev–Trinajstić information content (AvgIpc) is 2.51. The van der Waals surface area contributed by atoms with E-state index >= 15 is 0 Å². The first-order valence-corrected chi connectivity index (χ1v) is 8.92. The highest BCUT2D eigenvalue weighted by Gasteiger charge is 2.20. The smallest absolute Gasteiger partial charge is 0.261 e. The molecule has 25 heavy (non-hydrogen) atoms. The van der Waals surface area contributed by atoms with Gasteiger partial charge in [-0.2, -0.15) is 0 Å².